The minimum atomic E-state index is -0.583. The van der Waals surface area contributed by atoms with Crippen molar-refractivity contribution in [2.24, 2.45) is 5.92 Å². The third-order valence-electron chi connectivity index (χ3n) is 4.79. The third kappa shape index (κ3) is 5.39. The van der Waals surface area contributed by atoms with Crippen molar-refractivity contribution in [2.75, 3.05) is 7.05 Å². The molecule has 27 heavy (non-hydrogen) atoms. The molecule has 8 heteroatoms. The first-order valence-corrected chi connectivity index (χ1v) is 9.05. The molecule has 0 amide bonds. The van der Waals surface area contributed by atoms with Gasteiger partial charge in [-0.05, 0) is 44.0 Å². The highest BCUT2D eigenvalue weighted by Crippen LogP contribution is 2.29. The molecule has 0 aliphatic heterocycles. The molecule has 1 aliphatic carbocycles. The van der Waals surface area contributed by atoms with Crippen LogP contribution in [-0.2, 0) is 19.7 Å². The number of rotatable bonds is 7. The lowest BCUT2D eigenvalue weighted by Gasteiger charge is -2.22. The zero-order valence-electron chi connectivity index (χ0n) is 15.3. The Hall–Kier alpha value is -1.73. The minimum absolute atomic E-state index is 0. The number of benzene rings is 1. The lowest BCUT2D eigenvalue weighted by atomic mass is 9.89. The van der Waals surface area contributed by atoms with Crippen LogP contribution in [-0.4, -0.2) is 16.8 Å². The summed E-state index contributed by atoms with van der Waals surface area (Å²) in [4.78, 5) is 0. The fourth-order valence-electron chi connectivity index (χ4n) is 3.43. The van der Waals surface area contributed by atoms with E-state index >= 15 is 0 Å². The van der Waals surface area contributed by atoms with Crippen molar-refractivity contribution in [3.05, 3.63) is 46.9 Å². The van der Waals surface area contributed by atoms with Crippen molar-refractivity contribution in [3.63, 3.8) is 0 Å². The van der Waals surface area contributed by atoms with E-state index in [4.69, 9.17) is 4.74 Å². The van der Waals surface area contributed by atoms with Gasteiger partial charge in [-0.25, -0.2) is 13.5 Å². The second-order valence-corrected chi connectivity index (χ2v) is 6.81. The predicted octanol–water partition coefficient (Wildman–Crippen LogP) is 4.60. The maximum Gasteiger partial charge on any atom is 0.249 e. The number of ether oxygens (including phenoxy) is 1. The van der Waals surface area contributed by atoms with Gasteiger partial charge in [0.2, 0.25) is 11.7 Å². The van der Waals surface area contributed by atoms with Crippen LogP contribution in [0.25, 0.3) is 0 Å². The Morgan fingerprint density at radius 2 is 1.93 bits per heavy atom. The van der Waals surface area contributed by atoms with E-state index < -0.39 is 17.5 Å². The molecule has 1 heterocycles. The van der Waals surface area contributed by atoms with Gasteiger partial charge in [-0.3, -0.25) is 0 Å². The van der Waals surface area contributed by atoms with Gasteiger partial charge in [0.05, 0.1) is 0 Å². The molecule has 1 fully saturated rings. The molecule has 3 rings (SSSR count). The molecule has 2 aromatic rings. The highest BCUT2D eigenvalue weighted by Gasteiger charge is 2.23. The molecule has 0 radical (unpaired) electrons. The summed E-state index contributed by atoms with van der Waals surface area (Å²) in [6.07, 6.45) is 5.74. The quantitative estimate of drug-likeness (QED) is 0.734. The largest absolute Gasteiger partial charge is 0.471 e. The van der Waals surface area contributed by atoms with Crippen LogP contribution in [0.1, 0.15) is 43.4 Å². The molecular weight excluding hydrogens is 379 g/mol. The predicted molar refractivity (Wildman–Crippen MR) is 99.5 cm³/mol. The average Bonchev–Trinajstić information content (AvgIpc) is 2.92. The molecule has 1 saturated carbocycles. The van der Waals surface area contributed by atoms with Gasteiger partial charge in [-0.15, -0.1) is 12.4 Å². The summed E-state index contributed by atoms with van der Waals surface area (Å²) in [5.41, 5.74) is 0.308. The van der Waals surface area contributed by atoms with Crippen LogP contribution in [0.15, 0.2) is 18.2 Å². The Balaban J connectivity index is 0.00000261. The second-order valence-electron chi connectivity index (χ2n) is 6.81. The van der Waals surface area contributed by atoms with Crippen molar-refractivity contribution in [2.45, 2.75) is 51.8 Å². The fourth-order valence-corrected chi connectivity index (χ4v) is 3.43. The molecule has 1 aromatic carbocycles. The molecule has 1 aromatic heterocycles. The van der Waals surface area contributed by atoms with Gasteiger partial charge in [0, 0.05) is 18.7 Å². The molecule has 1 N–H and O–H groups in total. The summed E-state index contributed by atoms with van der Waals surface area (Å²) in [7, 11) is 1.71. The molecule has 0 unspecified atom stereocenters. The van der Waals surface area contributed by atoms with E-state index in [1.165, 1.54) is 23.9 Å². The van der Waals surface area contributed by atoms with E-state index in [9.17, 15) is 13.2 Å². The van der Waals surface area contributed by atoms with Crippen LogP contribution in [0.4, 0.5) is 13.2 Å². The van der Waals surface area contributed by atoms with E-state index in [1.54, 1.807) is 7.05 Å². The van der Waals surface area contributed by atoms with Gasteiger partial charge >= 0.3 is 0 Å². The van der Waals surface area contributed by atoms with E-state index in [2.05, 4.69) is 10.4 Å². The first kappa shape index (κ1) is 21.6. The summed E-state index contributed by atoms with van der Waals surface area (Å²) in [5.74, 6) is -1.27. The Labute approximate surface area is 163 Å². The molecule has 1 aliphatic rings. The first-order chi connectivity index (χ1) is 12.6. The van der Waals surface area contributed by atoms with Crippen LogP contribution in [0.5, 0.6) is 5.88 Å². The zero-order valence-corrected chi connectivity index (χ0v) is 16.1. The highest BCUT2D eigenvalue weighted by molar-refractivity contribution is 5.85. The van der Waals surface area contributed by atoms with Crippen LogP contribution in [0.3, 0.4) is 0 Å². The maximum absolute atomic E-state index is 14.7. The van der Waals surface area contributed by atoms with Crippen molar-refractivity contribution in [1.29, 1.82) is 0 Å². The SMILES string of the molecule is CNCc1nn(CC2CCCCC2)c(OCc2cc(F)ccc2F)c1F.Cl. The van der Waals surface area contributed by atoms with Gasteiger partial charge in [0.15, 0.2) is 0 Å². The number of halogens is 4. The average molecular weight is 404 g/mol. The van der Waals surface area contributed by atoms with Crippen molar-refractivity contribution < 1.29 is 17.9 Å². The molecule has 4 nitrogen and oxygen atoms in total. The standard InChI is InChI=1S/C19H24F3N3O.ClH/c1-23-10-17-18(22)19(25(24-17)11-13-5-3-2-4-6-13)26-12-14-9-15(20)7-8-16(14)21;/h7-9,13,23H,2-6,10-12H2,1H3;1H. The summed E-state index contributed by atoms with van der Waals surface area (Å²) < 4.78 is 48.9. The third-order valence-corrected chi connectivity index (χ3v) is 4.79. The van der Waals surface area contributed by atoms with Gasteiger partial charge in [-0.2, -0.15) is 9.49 Å². The van der Waals surface area contributed by atoms with Crippen LogP contribution in [0.2, 0.25) is 0 Å². The van der Waals surface area contributed by atoms with E-state index in [1.807, 2.05) is 0 Å². The lowest BCUT2D eigenvalue weighted by molar-refractivity contribution is 0.233. The summed E-state index contributed by atoms with van der Waals surface area (Å²) >= 11 is 0. The molecule has 0 spiro atoms. The van der Waals surface area contributed by atoms with Crippen LogP contribution >= 0.6 is 12.4 Å². The summed E-state index contributed by atoms with van der Waals surface area (Å²) in [6, 6.07) is 3.14. The van der Waals surface area contributed by atoms with Gasteiger partial charge in [0.1, 0.15) is 23.9 Å². The van der Waals surface area contributed by atoms with Crippen molar-refractivity contribution in [1.82, 2.24) is 15.1 Å². The van der Waals surface area contributed by atoms with Gasteiger partial charge < -0.3 is 10.1 Å². The summed E-state index contributed by atoms with van der Waals surface area (Å²) in [6.45, 7) is 0.589. The number of aromatic nitrogens is 2. The number of nitrogens with one attached hydrogen (secondary N) is 1. The highest BCUT2D eigenvalue weighted by atomic mass is 35.5. The van der Waals surface area contributed by atoms with Gasteiger partial charge in [0.25, 0.3) is 0 Å². The maximum atomic E-state index is 14.7. The Morgan fingerprint density at radius 3 is 2.63 bits per heavy atom. The molecular formula is C19H25ClF3N3O. The number of nitrogens with zero attached hydrogens (tertiary/aromatic N) is 2. The molecule has 0 bridgehead atoms. The van der Waals surface area contributed by atoms with Crippen LogP contribution in [0, 0.1) is 23.4 Å². The Kier molecular flexibility index (Phi) is 7.98. The smallest absolute Gasteiger partial charge is 0.249 e. The van der Waals surface area contributed by atoms with E-state index in [0.29, 0.717) is 12.5 Å². The van der Waals surface area contributed by atoms with E-state index in [0.717, 1.165) is 31.0 Å². The Bertz CT molecular complexity index is 748. The lowest BCUT2D eigenvalue weighted by Crippen LogP contribution is -2.17. The molecule has 0 atom stereocenters. The Morgan fingerprint density at radius 1 is 1.19 bits per heavy atom. The van der Waals surface area contributed by atoms with E-state index in [-0.39, 0.29) is 42.7 Å². The molecule has 150 valence electrons. The zero-order chi connectivity index (χ0) is 18.5. The van der Waals surface area contributed by atoms with Crippen molar-refractivity contribution >= 4 is 12.4 Å². The normalized spacial score (nSPS) is 14.8. The first-order valence-electron chi connectivity index (χ1n) is 9.05. The van der Waals surface area contributed by atoms with Crippen molar-refractivity contribution in [3.8, 4) is 5.88 Å². The summed E-state index contributed by atoms with van der Waals surface area (Å²) in [5, 5.41) is 7.21. The fraction of sp³-hybridized carbons (Fsp3) is 0.526. The van der Waals surface area contributed by atoms with Crippen LogP contribution < -0.4 is 10.1 Å². The second kappa shape index (κ2) is 9.99. The number of hydrogen-bond donors (Lipinski definition) is 1. The monoisotopic (exact) mass is 403 g/mol. The topological polar surface area (TPSA) is 39.1 Å². The molecule has 0 saturated heterocycles. The van der Waals surface area contributed by atoms with Gasteiger partial charge in [-0.1, -0.05) is 19.3 Å². The minimum Gasteiger partial charge on any atom is -0.471 e. The number of hydrogen-bond acceptors (Lipinski definition) is 3.